The van der Waals surface area contributed by atoms with E-state index >= 15 is 0 Å². The zero-order valence-corrected chi connectivity index (χ0v) is 9.57. The van der Waals surface area contributed by atoms with Crippen molar-refractivity contribution in [3.63, 3.8) is 0 Å². The van der Waals surface area contributed by atoms with Crippen molar-refractivity contribution in [1.29, 1.82) is 0 Å². The summed E-state index contributed by atoms with van der Waals surface area (Å²) in [6, 6.07) is 0. The molecule has 0 N–H and O–H groups in total. The average Bonchev–Trinajstić information content (AvgIpc) is 1.86. The van der Waals surface area contributed by atoms with Gasteiger partial charge in [-0.2, -0.15) is 0 Å². The van der Waals surface area contributed by atoms with Crippen LogP contribution in [0.25, 0.3) is 0 Å². The maximum absolute atomic E-state index is 5.60. The lowest BCUT2D eigenvalue weighted by molar-refractivity contribution is 0.0464. The van der Waals surface area contributed by atoms with Crippen molar-refractivity contribution in [2.75, 3.05) is 6.61 Å². The first-order chi connectivity index (χ1) is 4.98. The lowest BCUT2D eigenvalue weighted by atomic mass is 10.1. The van der Waals surface area contributed by atoms with Crippen LogP contribution in [-0.2, 0) is 4.74 Å². The molecule has 0 spiro atoms. The molecule has 0 aromatic rings. The first-order valence-corrected chi connectivity index (χ1v) is 5.08. The molecule has 0 amide bonds. The largest absolute Gasteiger partial charge is 0.377 e. The van der Waals surface area contributed by atoms with E-state index in [1.807, 2.05) is 0 Å². The second kappa shape index (κ2) is 5.15. The molecule has 2 heteroatoms. The van der Waals surface area contributed by atoms with Crippen molar-refractivity contribution < 1.29 is 4.74 Å². The Morgan fingerprint density at radius 1 is 1.45 bits per heavy atom. The van der Waals surface area contributed by atoms with E-state index in [1.54, 1.807) is 0 Å². The van der Waals surface area contributed by atoms with Gasteiger partial charge in [0, 0.05) is 10.9 Å². The summed E-state index contributed by atoms with van der Waals surface area (Å²) in [5, 5.41) is 0. The molecule has 0 aliphatic heterocycles. The smallest absolute Gasteiger partial charge is 0.0694 e. The van der Waals surface area contributed by atoms with Crippen molar-refractivity contribution >= 4 is 15.9 Å². The number of alkyl halides is 1. The van der Waals surface area contributed by atoms with E-state index in [0.29, 0.717) is 0 Å². The minimum Gasteiger partial charge on any atom is -0.377 e. The fourth-order valence-corrected chi connectivity index (χ4v) is 0.735. The van der Waals surface area contributed by atoms with Gasteiger partial charge in [-0.25, -0.2) is 0 Å². The Bertz CT molecular complexity index is 96.2. The van der Waals surface area contributed by atoms with E-state index in [2.05, 4.69) is 43.6 Å². The second-order valence-electron chi connectivity index (χ2n) is 3.43. The van der Waals surface area contributed by atoms with E-state index in [4.69, 9.17) is 4.74 Å². The molecule has 0 aromatic carbocycles. The van der Waals surface area contributed by atoms with Gasteiger partial charge >= 0.3 is 0 Å². The summed E-state index contributed by atoms with van der Waals surface area (Å²) < 4.78 is 5.70. The molecule has 1 nitrogen and oxygen atoms in total. The third-order valence-electron chi connectivity index (χ3n) is 1.83. The topological polar surface area (TPSA) is 9.23 Å². The van der Waals surface area contributed by atoms with Gasteiger partial charge in [0.05, 0.1) is 6.10 Å². The summed E-state index contributed by atoms with van der Waals surface area (Å²) in [4.78, 5) is 0. The molecule has 1 atom stereocenters. The highest BCUT2D eigenvalue weighted by Crippen LogP contribution is 2.23. The zero-order chi connectivity index (χ0) is 8.91. The summed E-state index contributed by atoms with van der Waals surface area (Å²) in [6.45, 7) is 9.41. The summed E-state index contributed by atoms with van der Waals surface area (Å²) in [6.07, 6.45) is 2.65. The van der Waals surface area contributed by atoms with Gasteiger partial charge in [0.15, 0.2) is 0 Å². The van der Waals surface area contributed by atoms with Gasteiger partial charge in [-0.05, 0) is 27.2 Å². The molecule has 0 bridgehead atoms. The van der Waals surface area contributed by atoms with Crippen LogP contribution in [0.1, 0.15) is 40.5 Å². The summed E-state index contributed by atoms with van der Waals surface area (Å²) in [7, 11) is 0. The van der Waals surface area contributed by atoms with Gasteiger partial charge in [0.25, 0.3) is 0 Å². The number of unbranched alkanes of at least 4 members (excludes halogenated alkanes) is 1. The van der Waals surface area contributed by atoms with Crippen molar-refractivity contribution in [3.8, 4) is 0 Å². The maximum atomic E-state index is 5.60. The van der Waals surface area contributed by atoms with Crippen LogP contribution in [-0.4, -0.2) is 17.0 Å². The van der Waals surface area contributed by atoms with E-state index < -0.39 is 0 Å². The minimum absolute atomic E-state index is 0.0980. The number of ether oxygens (including phenoxy) is 1. The highest BCUT2D eigenvalue weighted by molar-refractivity contribution is 9.10. The standard InChI is InChI=1S/C9H19BrO/c1-5-6-7-11-8(2)9(3,4)10/h8H,5-7H2,1-4H3. The third kappa shape index (κ3) is 5.68. The molecule has 68 valence electrons. The van der Waals surface area contributed by atoms with Crippen LogP contribution in [0.5, 0.6) is 0 Å². The van der Waals surface area contributed by atoms with Crippen LogP contribution < -0.4 is 0 Å². The molecule has 0 saturated heterocycles. The van der Waals surface area contributed by atoms with E-state index in [-0.39, 0.29) is 10.4 Å². The van der Waals surface area contributed by atoms with Gasteiger partial charge in [-0.15, -0.1) is 0 Å². The molecule has 0 radical (unpaired) electrons. The molecule has 0 fully saturated rings. The predicted octanol–water partition coefficient (Wildman–Crippen LogP) is 3.37. The van der Waals surface area contributed by atoms with Crippen LogP contribution in [0, 0.1) is 0 Å². The molecule has 0 aliphatic rings. The Kier molecular flexibility index (Phi) is 5.36. The number of hydrogen-bond donors (Lipinski definition) is 0. The lowest BCUT2D eigenvalue weighted by Gasteiger charge is -2.25. The monoisotopic (exact) mass is 222 g/mol. The molecule has 0 saturated carbocycles. The number of halogens is 1. The molecule has 0 aliphatic carbocycles. The second-order valence-corrected chi connectivity index (χ2v) is 5.47. The van der Waals surface area contributed by atoms with Crippen molar-refractivity contribution in [2.24, 2.45) is 0 Å². The molecule has 1 unspecified atom stereocenters. The van der Waals surface area contributed by atoms with E-state index in [9.17, 15) is 0 Å². The zero-order valence-electron chi connectivity index (χ0n) is 7.98. The maximum Gasteiger partial charge on any atom is 0.0694 e. The minimum atomic E-state index is 0.0980. The van der Waals surface area contributed by atoms with Crippen molar-refractivity contribution in [3.05, 3.63) is 0 Å². The Hall–Kier alpha value is 0.440. The summed E-state index contributed by atoms with van der Waals surface area (Å²) in [5.74, 6) is 0. The first kappa shape index (κ1) is 11.4. The number of rotatable bonds is 5. The van der Waals surface area contributed by atoms with Gasteiger partial charge in [-0.1, -0.05) is 29.3 Å². The van der Waals surface area contributed by atoms with Crippen LogP contribution in [0.2, 0.25) is 0 Å². The van der Waals surface area contributed by atoms with E-state index in [1.165, 1.54) is 6.42 Å². The quantitative estimate of drug-likeness (QED) is 0.513. The normalized spacial score (nSPS) is 15.0. The van der Waals surface area contributed by atoms with Crippen LogP contribution in [0.15, 0.2) is 0 Å². The molecule has 0 rings (SSSR count). The molecular formula is C9H19BrO. The van der Waals surface area contributed by atoms with Crippen LogP contribution in [0.3, 0.4) is 0 Å². The third-order valence-corrected chi connectivity index (χ3v) is 2.48. The fourth-order valence-electron chi connectivity index (χ4n) is 0.603. The summed E-state index contributed by atoms with van der Waals surface area (Å²) in [5.41, 5.74) is 0. The SMILES string of the molecule is CCCCOC(C)C(C)(C)Br. The molecule has 11 heavy (non-hydrogen) atoms. The number of hydrogen-bond acceptors (Lipinski definition) is 1. The fraction of sp³-hybridized carbons (Fsp3) is 1.00. The predicted molar refractivity (Wildman–Crippen MR) is 53.3 cm³/mol. The van der Waals surface area contributed by atoms with Gasteiger partial charge in [-0.3, -0.25) is 0 Å². The Labute approximate surface area is 78.6 Å². The Balaban J connectivity index is 3.44. The Morgan fingerprint density at radius 3 is 2.36 bits per heavy atom. The van der Waals surface area contributed by atoms with Crippen molar-refractivity contribution in [1.82, 2.24) is 0 Å². The lowest BCUT2D eigenvalue weighted by Crippen LogP contribution is -2.29. The average molecular weight is 223 g/mol. The van der Waals surface area contributed by atoms with Crippen LogP contribution in [0.4, 0.5) is 0 Å². The summed E-state index contributed by atoms with van der Waals surface area (Å²) >= 11 is 3.57. The van der Waals surface area contributed by atoms with Gasteiger partial charge in [0.2, 0.25) is 0 Å². The molecule has 0 aromatic heterocycles. The van der Waals surface area contributed by atoms with Gasteiger partial charge < -0.3 is 4.74 Å². The van der Waals surface area contributed by atoms with Crippen molar-refractivity contribution in [2.45, 2.75) is 51.0 Å². The first-order valence-electron chi connectivity index (χ1n) is 4.29. The molecular weight excluding hydrogens is 204 g/mol. The van der Waals surface area contributed by atoms with Gasteiger partial charge in [0.1, 0.15) is 0 Å². The van der Waals surface area contributed by atoms with E-state index in [0.717, 1.165) is 13.0 Å². The highest BCUT2D eigenvalue weighted by atomic mass is 79.9. The van der Waals surface area contributed by atoms with Crippen LogP contribution >= 0.6 is 15.9 Å². The highest BCUT2D eigenvalue weighted by Gasteiger charge is 2.22. The molecule has 0 heterocycles. The Morgan fingerprint density at radius 2 is 2.00 bits per heavy atom.